The van der Waals surface area contributed by atoms with E-state index in [1.54, 1.807) is 14.2 Å². The van der Waals surface area contributed by atoms with Crippen molar-refractivity contribution >= 4 is 31.9 Å². The van der Waals surface area contributed by atoms with E-state index in [1.807, 2.05) is 12.1 Å². The molecule has 4 heteroatoms. The monoisotopic (exact) mass is 398 g/mol. The zero-order valence-electron chi connectivity index (χ0n) is 11.9. The van der Waals surface area contributed by atoms with Crippen LogP contribution in [0.4, 0.5) is 0 Å². The van der Waals surface area contributed by atoms with Gasteiger partial charge in [-0.15, -0.1) is 0 Å². The summed E-state index contributed by atoms with van der Waals surface area (Å²) in [5, 5.41) is 0. The second-order valence-corrected chi connectivity index (χ2v) is 6.39. The van der Waals surface area contributed by atoms with Gasteiger partial charge in [0.05, 0.1) is 14.2 Å². The summed E-state index contributed by atoms with van der Waals surface area (Å²) in [5.41, 5.74) is 4.49. The number of halogens is 2. The van der Waals surface area contributed by atoms with Gasteiger partial charge in [0.1, 0.15) is 11.5 Å². The Morgan fingerprint density at radius 2 is 1.05 bits per heavy atom. The van der Waals surface area contributed by atoms with Gasteiger partial charge in [-0.1, -0.05) is 31.9 Å². The third-order valence-corrected chi connectivity index (χ3v) is 4.30. The first-order valence-electron chi connectivity index (χ1n) is 6.16. The van der Waals surface area contributed by atoms with Crippen molar-refractivity contribution in [1.82, 2.24) is 0 Å². The molecule has 0 N–H and O–H groups in total. The van der Waals surface area contributed by atoms with Crippen LogP contribution in [-0.2, 0) is 0 Å². The first-order chi connectivity index (χ1) is 9.47. The van der Waals surface area contributed by atoms with Crippen LogP contribution >= 0.6 is 31.9 Å². The van der Waals surface area contributed by atoms with E-state index in [4.69, 9.17) is 9.47 Å². The van der Waals surface area contributed by atoms with Crippen molar-refractivity contribution in [1.29, 1.82) is 0 Å². The predicted molar refractivity (Wildman–Crippen MR) is 89.9 cm³/mol. The van der Waals surface area contributed by atoms with E-state index in [2.05, 4.69) is 57.8 Å². The molecular weight excluding hydrogens is 384 g/mol. The third kappa shape index (κ3) is 2.86. The zero-order chi connectivity index (χ0) is 14.9. The van der Waals surface area contributed by atoms with Gasteiger partial charge in [0.25, 0.3) is 0 Å². The van der Waals surface area contributed by atoms with Gasteiger partial charge in [-0.3, -0.25) is 0 Å². The smallest absolute Gasteiger partial charge is 0.123 e. The van der Waals surface area contributed by atoms with Crippen LogP contribution in [0.25, 0.3) is 11.1 Å². The van der Waals surface area contributed by atoms with E-state index in [1.165, 1.54) is 0 Å². The van der Waals surface area contributed by atoms with E-state index >= 15 is 0 Å². The summed E-state index contributed by atoms with van der Waals surface area (Å²) >= 11 is 7.08. The molecule has 0 aliphatic carbocycles. The van der Waals surface area contributed by atoms with Crippen LogP contribution in [0.3, 0.4) is 0 Å². The number of methoxy groups -OCH3 is 2. The Morgan fingerprint density at radius 1 is 0.700 bits per heavy atom. The standard InChI is InChI=1S/C16H16Br2O2/c1-9-13(5-11(17)7-15(9)19-3)14-6-12(18)8-16(20-4)10(14)2/h5-8H,1-4H3. The molecular formula is C16H16Br2O2. The lowest BCUT2D eigenvalue weighted by Gasteiger charge is -2.16. The molecule has 0 aromatic heterocycles. The minimum atomic E-state index is 0.868. The van der Waals surface area contributed by atoms with Crippen molar-refractivity contribution in [2.45, 2.75) is 13.8 Å². The lowest BCUT2D eigenvalue weighted by atomic mass is 9.95. The SMILES string of the molecule is COc1cc(Br)cc(-c2cc(Br)cc(OC)c2C)c1C. The number of hydrogen-bond donors (Lipinski definition) is 0. The maximum atomic E-state index is 5.44. The fourth-order valence-corrected chi connectivity index (χ4v) is 3.17. The minimum Gasteiger partial charge on any atom is -0.496 e. The van der Waals surface area contributed by atoms with E-state index in [0.29, 0.717) is 0 Å². The van der Waals surface area contributed by atoms with Crippen LogP contribution in [0.2, 0.25) is 0 Å². The van der Waals surface area contributed by atoms with Gasteiger partial charge in [-0.25, -0.2) is 0 Å². The molecule has 2 aromatic rings. The second kappa shape index (κ2) is 6.19. The first-order valence-corrected chi connectivity index (χ1v) is 7.75. The molecule has 0 spiro atoms. The lowest BCUT2D eigenvalue weighted by Crippen LogP contribution is -1.95. The van der Waals surface area contributed by atoms with Crippen LogP contribution in [0.5, 0.6) is 11.5 Å². The average Bonchev–Trinajstić information content (AvgIpc) is 2.43. The van der Waals surface area contributed by atoms with Crippen molar-refractivity contribution in [2.24, 2.45) is 0 Å². The molecule has 2 nitrogen and oxygen atoms in total. The minimum absolute atomic E-state index is 0.868. The Hall–Kier alpha value is -1.00. The zero-order valence-corrected chi connectivity index (χ0v) is 15.1. The predicted octanol–water partition coefficient (Wildman–Crippen LogP) is 5.51. The molecule has 0 radical (unpaired) electrons. The summed E-state index contributed by atoms with van der Waals surface area (Å²) in [4.78, 5) is 0. The molecule has 0 heterocycles. The second-order valence-electron chi connectivity index (χ2n) is 4.56. The highest BCUT2D eigenvalue weighted by Crippen LogP contribution is 2.39. The van der Waals surface area contributed by atoms with Gasteiger partial charge in [0.2, 0.25) is 0 Å². The fraction of sp³-hybridized carbons (Fsp3) is 0.250. The summed E-state index contributed by atoms with van der Waals surface area (Å²) in [6, 6.07) is 8.16. The summed E-state index contributed by atoms with van der Waals surface area (Å²) in [5.74, 6) is 1.74. The van der Waals surface area contributed by atoms with Gasteiger partial charge in [-0.05, 0) is 60.4 Å². The molecule has 0 unspecified atom stereocenters. The third-order valence-electron chi connectivity index (χ3n) is 3.38. The molecule has 0 saturated heterocycles. The van der Waals surface area contributed by atoms with E-state index in [9.17, 15) is 0 Å². The number of benzene rings is 2. The molecule has 0 saturated carbocycles. The van der Waals surface area contributed by atoms with Gasteiger partial charge in [0.15, 0.2) is 0 Å². The summed E-state index contributed by atoms with van der Waals surface area (Å²) in [7, 11) is 3.37. The Kier molecular flexibility index (Phi) is 4.76. The maximum absolute atomic E-state index is 5.44. The van der Waals surface area contributed by atoms with Crippen LogP contribution in [-0.4, -0.2) is 14.2 Å². The molecule has 0 aliphatic rings. The summed E-state index contributed by atoms with van der Waals surface area (Å²) in [6.07, 6.45) is 0. The van der Waals surface area contributed by atoms with Crippen LogP contribution in [0, 0.1) is 13.8 Å². The number of rotatable bonds is 3. The Bertz CT molecular complexity index is 594. The van der Waals surface area contributed by atoms with Gasteiger partial charge in [0, 0.05) is 8.95 Å². The summed E-state index contributed by atoms with van der Waals surface area (Å²) in [6.45, 7) is 4.13. The Morgan fingerprint density at radius 3 is 1.35 bits per heavy atom. The highest BCUT2D eigenvalue weighted by Gasteiger charge is 2.14. The normalized spacial score (nSPS) is 10.5. The molecule has 20 heavy (non-hydrogen) atoms. The highest BCUT2D eigenvalue weighted by atomic mass is 79.9. The van der Waals surface area contributed by atoms with Crippen molar-refractivity contribution < 1.29 is 9.47 Å². The van der Waals surface area contributed by atoms with Gasteiger partial charge < -0.3 is 9.47 Å². The maximum Gasteiger partial charge on any atom is 0.123 e. The van der Waals surface area contributed by atoms with Crippen LogP contribution < -0.4 is 9.47 Å². The van der Waals surface area contributed by atoms with Crippen molar-refractivity contribution in [3.63, 3.8) is 0 Å². The molecule has 2 aromatic carbocycles. The molecule has 106 valence electrons. The van der Waals surface area contributed by atoms with E-state index in [0.717, 1.165) is 42.7 Å². The fourth-order valence-electron chi connectivity index (χ4n) is 2.29. The number of ether oxygens (including phenoxy) is 2. The molecule has 0 bridgehead atoms. The highest BCUT2D eigenvalue weighted by molar-refractivity contribution is 9.10. The Balaban J connectivity index is 2.74. The van der Waals surface area contributed by atoms with Crippen molar-refractivity contribution in [2.75, 3.05) is 14.2 Å². The topological polar surface area (TPSA) is 18.5 Å². The van der Waals surface area contributed by atoms with E-state index < -0.39 is 0 Å². The van der Waals surface area contributed by atoms with Gasteiger partial charge >= 0.3 is 0 Å². The average molecular weight is 400 g/mol. The molecule has 0 aliphatic heterocycles. The van der Waals surface area contributed by atoms with E-state index in [-0.39, 0.29) is 0 Å². The van der Waals surface area contributed by atoms with Crippen LogP contribution in [0.15, 0.2) is 33.2 Å². The quantitative estimate of drug-likeness (QED) is 0.677. The van der Waals surface area contributed by atoms with Gasteiger partial charge in [-0.2, -0.15) is 0 Å². The van der Waals surface area contributed by atoms with Crippen LogP contribution in [0.1, 0.15) is 11.1 Å². The van der Waals surface area contributed by atoms with Crippen molar-refractivity contribution in [3.05, 3.63) is 44.3 Å². The Labute approximate surface area is 136 Å². The molecule has 0 atom stereocenters. The largest absolute Gasteiger partial charge is 0.496 e. The molecule has 0 fully saturated rings. The first kappa shape index (κ1) is 15.4. The molecule has 0 amide bonds. The molecule has 2 rings (SSSR count). The lowest BCUT2D eigenvalue weighted by molar-refractivity contribution is 0.410. The number of hydrogen-bond acceptors (Lipinski definition) is 2. The van der Waals surface area contributed by atoms with Crippen molar-refractivity contribution in [3.8, 4) is 22.6 Å². The summed E-state index contributed by atoms with van der Waals surface area (Å²) < 4.78 is 12.9.